The Morgan fingerprint density at radius 1 is 1.16 bits per heavy atom. The first kappa shape index (κ1) is 23.8. The van der Waals surface area contributed by atoms with Crippen LogP contribution in [0.3, 0.4) is 0 Å². The third-order valence-electron chi connectivity index (χ3n) is 4.74. The van der Waals surface area contributed by atoms with Crippen molar-refractivity contribution in [1.29, 1.82) is 0 Å². The van der Waals surface area contributed by atoms with Crippen LogP contribution in [-0.4, -0.2) is 36.0 Å². The molecule has 3 aromatic rings. The zero-order valence-corrected chi connectivity index (χ0v) is 17.9. The second-order valence-corrected chi connectivity index (χ2v) is 9.94. The summed E-state index contributed by atoms with van der Waals surface area (Å²) in [5.41, 5.74) is -0.0909. The Balaban J connectivity index is 0.000000668. The lowest BCUT2D eigenvalue weighted by Crippen LogP contribution is -2.27. The molecule has 172 valence electrons. The van der Waals surface area contributed by atoms with E-state index in [-0.39, 0.29) is 32.7 Å². The van der Waals surface area contributed by atoms with Crippen molar-refractivity contribution in [1.82, 2.24) is 9.88 Å². The van der Waals surface area contributed by atoms with Gasteiger partial charge in [-0.25, -0.2) is 17.9 Å². The fourth-order valence-electron chi connectivity index (χ4n) is 3.19. The Morgan fingerprint density at radius 2 is 1.78 bits per heavy atom. The first-order valence-electron chi connectivity index (χ1n) is 9.03. The van der Waals surface area contributed by atoms with Crippen molar-refractivity contribution in [3.8, 4) is 10.6 Å². The minimum atomic E-state index is -4.62. The fraction of sp³-hybridized carbons (Fsp3) is 0.263. The maximum Gasteiger partial charge on any atom is 0.503 e. The van der Waals surface area contributed by atoms with Gasteiger partial charge in [0.15, 0.2) is 11.5 Å². The Kier molecular flexibility index (Phi) is 6.62. The zero-order valence-electron chi connectivity index (χ0n) is 16.3. The molecule has 1 aliphatic rings. The predicted molar refractivity (Wildman–Crippen MR) is 108 cm³/mol. The van der Waals surface area contributed by atoms with Gasteiger partial charge < -0.3 is 14.7 Å². The van der Waals surface area contributed by atoms with E-state index in [0.717, 1.165) is 23.0 Å². The smallest absolute Gasteiger partial charge is 0.450 e. The summed E-state index contributed by atoms with van der Waals surface area (Å²) in [5, 5.41) is 16.9. The summed E-state index contributed by atoms with van der Waals surface area (Å²) in [6.07, 6.45) is -6.45. The highest BCUT2D eigenvalue weighted by molar-refractivity contribution is 7.91. The zero-order chi connectivity index (χ0) is 23.7. The molecular weight excluding hydrogens is 473 g/mol. The molecule has 1 fully saturated rings. The molecule has 2 heterocycles. The van der Waals surface area contributed by atoms with Gasteiger partial charge in [0.1, 0.15) is 4.21 Å². The maximum absolute atomic E-state index is 12.7. The van der Waals surface area contributed by atoms with Crippen molar-refractivity contribution in [2.24, 2.45) is 5.92 Å². The highest BCUT2D eigenvalue weighted by Crippen LogP contribution is 2.48. The molecule has 4 rings (SSSR count). The number of thiophene rings is 1. The number of halogens is 3. The van der Waals surface area contributed by atoms with Crippen LogP contribution in [0.2, 0.25) is 0 Å². The molecule has 0 radical (unpaired) electrons. The van der Waals surface area contributed by atoms with Gasteiger partial charge in [-0.2, -0.15) is 13.2 Å². The lowest BCUT2D eigenvalue weighted by Gasteiger charge is -2.04. The number of hydrogen-bond acceptors (Lipinski definition) is 6. The molecule has 1 aromatic carbocycles. The molecule has 8 nitrogen and oxygen atoms in total. The Morgan fingerprint density at radius 3 is 2.34 bits per heavy atom. The number of hydrogen-bond donors (Lipinski definition) is 3. The summed E-state index contributed by atoms with van der Waals surface area (Å²) in [7, 11) is -3.80. The number of nitrogens with zero attached hydrogens (tertiary/aromatic N) is 1. The molecule has 0 spiro atoms. The van der Waals surface area contributed by atoms with Gasteiger partial charge in [0, 0.05) is 18.0 Å². The molecular formula is C19H17F3N2O6S2. The quantitative estimate of drug-likeness (QED) is 0.472. The summed E-state index contributed by atoms with van der Waals surface area (Å²) in [6, 6.07) is 12.9. The van der Waals surface area contributed by atoms with Crippen LogP contribution in [0.4, 0.5) is 18.0 Å². The third kappa shape index (κ3) is 5.47. The predicted octanol–water partition coefficient (Wildman–Crippen LogP) is 4.72. The van der Waals surface area contributed by atoms with E-state index < -0.39 is 28.0 Å². The van der Waals surface area contributed by atoms with Crippen LogP contribution in [0.15, 0.2) is 57.3 Å². The van der Waals surface area contributed by atoms with Gasteiger partial charge in [0.2, 0.25) is 10.0 Å². The van der Waals surface area contributed by atoms with Crippen molar-refractivity contribution in [2.45, 2.75) is 29.3 Å². The number of carbonyl (C=O) groups is 1. The van der Waals surface area contributed by atoms with Crippen molar-refractivity contribution < 1.29 is 41.1 Å². The molecule has 3 N–H and O–H groups in total. The van der Waals surface area contributed by atoms with Crippen molar-refractivity contribution in [3.63, 3.8) is 0 Å². The van der Waals surface area contributed by atoms with E-state index in [1.54, 1.807) is 0 Å². The fourth-order valence-corrected chi connectivity index (χ4v) is 5.81. The van der Waals surface area contributed by atoms with Gasteiger partial charge in [-0.3, -0.25) is 0 Å². The van der Waals surface area contributed by atoms with Crippen LogP contribution in [0.25, 0.3) is 10.6 Å². The highest BCUT2D eigenvalue weighted by atomic mass is 32.2. The topological polar surface area (TPSA) is 130 Å². The average molecular weight is 490 g/mol. The summed E-state index contributed by atoms with van der Waals surface area (Å²) < 4.78 is 70.7. The molecule has 1 saturated carbocycles. The van der Waals surface area contributed by atoms with Crippen molar-refractivity contribution >= 4 is 27.5 Å². The molecule has 1 aliphatic carbocycles. The Labute approximate surface area is 184 Å². The Bertz CT molecular complexity index is 1190. The van der Waals surface area contributed by atoms with Crippen molar-refractivity contribution in [3.05, 3.63) is 59.8 Å². The van der Waals surface area contributed by atoms with Gasteiger partial charge in [-0.1, -0.05) is 42.4 Å². The molecule has 0 saturated heterocycles. The molecule has 0 bridgehead atoms. The second kappa shape index (κ2) is 8.92. The molecule has 0 unspecified atom stereocenters. The van der Waals surface area contributed by atoms with Crippen molar-refractivity contribution in [2.75, 3.05) is 0 Å². The number of rotatable bonds is 5. The summed E-state index contributed by atoms with van der Waals surface area (Å²) in [6.45, 7) is 1.97. The summed E-state index contributed by atoms with van der Waals surface area (Å²) in [4.78, 5) is 8.81. The number of aromatic nitrogens is 1. The van der Waals surface area contributed by atoms with Crippen LogP contribution in [-0.2, 0) is 16.2 Å². The molecule has 2 aromatic heterocycles. The molecule has 13 heteroatoms. The summed E-state index contributed by atoms with van der Waals surface area (Å²) >= 11 is 0.833. The van der Waals surface area contributed by atoms with Crippen LogP contribution in [0.5, 0.6) is 0 Å². The maximum atomic E-state index is 12.7. The highest BCUT2D eigenvalue weighted by Gasteiger charge is 2.49. The van der Waals surface area contributed by atoms with E-state index in [1.807, 2.05) is 37.3 Å². The second-order valence-electron chi connectivity index (χ2n) is 6.92. The van der Waals surface area contributed by atoms with Crippen LogP contribution in [0.1, 0.15) is 24.1 Å². The van der Waals surface area contributed by atoms with E-state index in [1.165, 1.54) is 12.1 Å². The standard InChI is InChI=1S/C18H15F3N2O3S2.CH2O3/c1-10-16(11-5-3-2-4-6-11)17(10)23-28(24,25)15-8-7-13(27-15)12-9-14(22-26-12)18(19,20)21;2-1(3)4/h2-10,16-17,23H,1H3;(H2,2,3,4)/t10-,16-,17+;/m1./s1. The van der Waals surface area contributed by atoms with Crippen LogP contribution >= 0.6 is 11.3 Å². The van der Waals surface area contributed by atoms with E-state index in [2.05, 4.69) is 9.88 Å². The van der Waals surface area contributed by atoms with E-state index in [9.17, 15) is 21.6 Å². The lowest BCUT2D eigenvalue weighted by atomic mass is 10.1. The molecule has 3 atom stereocenters. The van der Waals surface area contributed by atoms with Crippen LogP contribution in [0, 0.1) is 5.92 Å². The van der Waals surface area contributed by atoms with E-state index >= 15 is 0 Å². The van der Waals surface area contributed by atoms with E-state index in [4.69, 9.17) is 19.5 Å². The first-order valence-corrected chi connectivity index (χ1v) is 11.3. The average Bonchev–Trinajstić information content (AvgIpc) is 3.15. The molecule has 0 amide bonds. The van der Waals surface area contributed by atoms with Gasteiger partial charge in [0.25, 0.3) is 0 Å². The summed E-state index contributed by atoms with van der Waals surface area (Å²) in [5.74, 6) is 0.125. The molecule has 32 heavy (non-hydrogen) atoms. The van der Waals surface area contributed by atoms with Crippen LogP contribution < -0.4 is 4.72 Å². The SMILES string of the molecule is C[C@H]1[C@H](NS(=O)(=O)c2ccc(-c3cc(C(F)(F)F)no3)s2)[C@H]1c1ccccc1.O=C(O)O. The van der Waals surface area contributed by atoms with Gasteiger partial charge in [-0.15, -0.1) is 11.3 Å². The minimum Gasteiger partial charge on any atom is -0.450 e. The Hall–Kier alpha value is -2.90. The van der Waals surface area contributed by atoms with E-state index in [0.29, 0.717) is 0 Å². The lowest BCUT2D eigenvalue weighted by molar-refractivity contribution is -0.142. The van der Waals surface area contributed by atoms with Gasteiger partial charge in [-0.05, 0) is 23.6 Å². The minimum absolute atomic E-state index is 0.0124. The number of alkyl halides is 3. The van der Waals surface area contributed by atoms with Gasteiger partial charge >= 0.3 is 12.3 Å². The molecule has 0 aliphatic heterocycles. The number of sulfonamides is 1. The van der Waals surface area contributed by atoms with Gasteiger partial charge in [0.05, 0.1) is 4.88 Å². The number of carboxylic acid groups (broad SMARTS) is 2. The first-order chi connectivity index (χ1) is 14.9. The number of benzene rings is 1. The third-order valence-corrected chi connectivity index (χ3v) is 7.80. The normalized spacial score (nSPS) is 20.3. The monoisotopic (exact) mass is 490 g/mol. The number of nitrogens with one attached hydrogen (secondary N) is 1. The largest absolute Gasteiger partial charge is 0.503 e.